The van der Waals surface area contributed by atoms with Crippen LogP contribution in [-0.2, 0) is 33.9 Å². The van der Waals surface area contributed by atoms with Crippen LogP contribution in [0.3, 0.4) is 0 Å². The molecule has 0 amide bonds. The van der Waals surface area contributed by atoms with Crippen LogP contribution in [0.25, 0.3) is 0 Å². The number of ether oxygens (including phenoxy) is 4. The lowest BCUT2D eigenvalue weighted by Crippen LogP contribution is -2.63. The molecule has 160 valence electrons. The van der Waals surface area contributed by atoms with Gasteiger partial charge in [-0.1, -0.05) is 0 Å². The zero-order valence-corrected chi connectivity index (χ0v) is 14.3. The van der Waals surface area contributed by atoms with Crippen molar-refractivity contribution in [1.29, 1.82) is 0 Å². The summed E-state index contributed by atoms with van der Waals surface area (Å²) < 4.78 is 125. The van der Waals surface area contributed by atoms with Gasteiger partial charge in [0, 0.05) is 0 Å². The van der Waals surface area contributed by atoms with Gasteiger partial charge in [0.25, 0.3) is 10.1 Å². The Bertz CT molecular complexity index is 584. The van der Waals surface area contributed by atoms with Gasteiger partial charge in [0.2, 0.25) is 0 Å². The summed E-state index contributed by atoms with van der Waals surface area (Å²) in [5, 5.41) is 0. The third-order valence-electron chi connectivity index (χ3n) is 3.12. The molecule has 1 heterocycles. The highest BCUT2D eigenvalue weighted by Gasteiger charge is 2.75. The van der Waals surface area contributed by atoms with Gasteiger partial charge in [0.1, 0.15) is 11.9 Å². The van der Waals surface area contributed by atoms with E-state index in [1.807, 2.05) is 0 Å². The molecule has 0 aromatic carbocycles. The maximum Gasteiger partial charge on any atom is 0.438 e. The van der Waals surface area contributed by atoms with Crippen LogP contribution >= 0.6 is 0 Å². The van der Waals surface area contributed by atoms with E-state index in [0.29, 0.717) is 13.2 Å². The van der Waals surface area contributed by atoms with Crippen LogP contribution in [0.1, 0.15) is 6.42 Å². The molecule has 0 radical (unpaired) electrons. The number of hydrogen-bond acceptors (Lipinski definition) is 7. The Morgan fingerprint density at radius 1 is 1.04 bits per heavy atom. The molecule has 0 bridgehead atoms. The topological polar surface area (TPSA) is 112 Å². The lowest BCUT2D eigenvalue weighted by molar-refractivity contribution is -0.361. The molecule has 1 rings (SSSR count). The molecular formula is C12H16F6O8S. The van der Waals surface area contributed by atoms with Gasteiger partial charge in [-0.05, 0) is 0 Å². The normalized spacial score (nSPS) is 18.4. The molecule has 8 nitrogen and oxygen atoms in total. The van der Waals surface area contributed by atoms with Crippen molar-refractivity contribution < 1.29 is 63.1 Å². The summed E-state index contributed by atoms with van der Waals surface area (Å²) in [5.41, 5.74) is -5.40. The molecule has 1 aliphatic rings. The van der Waals surface area contributed by atoms with Crippen molar-refractivity contribution >= 4 is 16.1 Å². The van der Waals surface area contributed by atoms with Gasteiger partial charge in [-0.15, -0.1) is 0 Å². The van der Waals surface area contributed by atoms with E-state index in [4.69, 9.17) is 18.8 Å². The second-order valence-corrected chi connectivity index (χ2v) is 6.87. The van der Waals surface area contributed by atoms with Crippen molar-refractivity contribution in [3.63, 3.8) is 0 Å². The van der Waals surface area contributed by atoms with Gasteiger partial charge in [0.15, 0.2) is 0 Å². The Balaban J connectivity index is 2.61. The van der Waals surface area contributed by atoms with Crippen LogP contribution in [-0.4, -0.2) is 81.8 Å². The highest BCUT2D eigenvalue weighted by atomic mass is 32.2. The fourth-order valence-electron chi connectivity index (χ4n) is 1.73. The molecule has 1 fully saturated rings. The third kappa shape index (κ3) is 7.77. The van der Waals surface area contributed by atoms with E-state index in [1.165, 1.54) is 0 Å². The minimum Gasteiger partial charge on any atom is -0.438 e. The summed E-state index contributed by atoms with van der Waals surface area (Å²) in [7, 11) is -5.81. The second kappa shape index (κ2) is 8.89. The molecule has 1 aliphatic heterocycles. The predicted molar refractivity (Wildman–Crippen MR) is 73.3 cm³/mol. The van der Waals surface area contributed by atoms with Crippen molar-refractivity contribution in [3.05, 3.63) is 0 Å². The molecule has 0 saturated carbocycles. The molecule has 0 aliphatic carbocycles. The van der Waals surface area contributed by atoms with E-state index in [2.05, 4.69) is 4.74 Å². The zero-order valence-electron chi connectivity index (χ0n) is 13.5. The third-order valence-corrected chi connectivity index (χ3v) is 3.89. The number of epoxide rings is 1. The molecule has 0 aromatic rings. The summed E-state index contributed by atoms with van der Waals surface area (Å²) in [6, 6.07) is 0. The largest absolute Gasteiger partial charge is 0.438 e. The van der Waals surface area contributed by atoms with Crippen LogP contribution in [0, 0.1) is 0 Å². The summed E-state index contributed by atoms with van der Waals surface area (Å²) in [4.78, 5) is 11.4. The number of rotatable bonds is 11. The van der Waals surface area contributed by atoms with Gasteiger partial charge in [0.05, 0.1) is 39.5 Å². The van der Waals surface area contributed by atoms with Crippen molar-refractivity contribution in [2.45, 2.75) is 30.5 Å². The molecule has 1 atom stereocenters. The highest BCUT2D eigenvalue weighted by molar-refractivity contribution is 7.85. The minimum absolute atomic E-state index is 0.0133. The summed E-state index contributed by atoms with van der Waals surface area (Å²) in [5.74, 6) is -4.93. The Labute approximate surface area is 149 Å². The number of esters is 1. The summed E-state index contributed by atoms with van der Waals surface area (Å²) >= 11 is 0. The number of carbonyl (C=O) groups excluding carboxylic acids is 1. The van der Waals surface area contributed by atoms with Crippen LogP contribution in [0.5, 0.6) is 0 Å². The lowest BCUT2D eigenvalue weighted by Gasteiger charge is -2.35. The van der Waals surface area contributed by atoms with E-state index >= 15 is 0 Å². The minimum atomic E-state index is -6.35. The molecule has 1 N–H and O–H groups in total. The van der Waals surface area contributed by atoms with Gasteiger partial charge >= 0.3 is 23.9 Å². The molecule has 15 heteroatoms. The average Bonchev–Trinajstić information content (AvgIpc) is 3.25. The maximum absolute atomic E-state index is 12.9. The van der Waals surface area contributed by atoms with Crippen molar-refractivity contribution in [2.75, 3.05) is 38.8 Å². The van der Waals surface area contributed by atoms with Gasteiger partial charge in [-0.3, -0.25) is 9.35 Å². The number of carbonyl (C=O) groups is 1. The van der Waals surface area contributed by atoms with Crippen molar-refractivity contribution in [3.8, 4) is 0 Å². The molecule has 27 heavy (non-hydrogen) atoms. The monoisotopic (exact) mass is 434 g/mol. The van der Waals surface area contributed by atoms with Gasteiger partial charge in [-0.25, -0.2) is 0 Å². The first-order valence-corrected chi connectivity index (χ1v) is 8.86. The van der Waals surface area contributed by atoms with E-state index < -0.39 is 52.8 Å². The van der Waals surface area contributed by atoms with Crippen LogP contribution in [0.4, 0.5) is 26.3 Å². The first kappa shape index (κ1) is 23.9. The highest BCUT2D eigenvalue weighted by Crippen LogP contribution is 2.46. The Hall–Kier alpha value is -1.16. The van der Waals surface area contributed by atoms with Gasteiger partial charge in [-0.2, -0.15) is 34.8 Å². The smallest absolute Gasteiger partial charge is 0.438 e. The Morgan fingerprint density at radius 2 is 1.56 bits per heavy atom. The zero-order chi connectivity index (χ0) is 20.9. The van der Waals surface area contributed by atoms with Crippen molar-refractivity contribution in [1.82, 2.24) is 0 Å². The maximum atomic E-state index is 12.9. The second-order valence-electron chi connectivity index (χ2n) is 5.42. The number of halogens is 6. The molecular weight excluding hydrogens is 418 g/mol. The molecule has 0 aromatic heterocycles. The molecule has 1 saturated heterocycles. The van der Waals surface area contributed by atoms with Gasteiger partial charge < -0.3 is 18.9 Å². The molecule has 1 unspecified atom stereocenters. The van der Waals surface area contributed by atoms with E-state index in [1.54, 1.807) is 0 Å². The first-order valence-electron chi connectivity index (χ1n) is 7.25. The van der Waals surface area contributed by atoms with E-state index in [0.717, 1.165) is 0 Å². The summed E-state index contributed by atoms with van der Waals surface area (Å²) in [6.45, 7) is 0.193. The quantitative estimate of drug-likeness (QED) is 0.169. The number of hydrogen-bond donors (Lipinski definition) is 1. The lowest BCUT2D eigenvalue weighted by atomic mass is 10.1. The Kier molecular flexibility index (Phi) is 7.87. The van der Waals surface area contributed by atoms with E-state index in [-0.39, 0.29) is 19.3 Å². The Morgan fingerprint density at radius 3 is 2.00 bits per heavy atom. The SMILES string of the molecule is O=C(CCOCCOCC1CO1)OC(CS(=O)(=O)O)(C(F)(F)F)C(F)(F)F. The average molecular weight is 434 g/mol. The standard InChI is InChI=1S/C12H16F6O8S/c13-11(14,15)10(12(16,17)18,7-27(20,21)22)26-9(19)1-2-23-3-4-24-5-8-6-25-8/h8H,1-7H2,(H,20,21,22). The van der Waals surface area contributed by atoms with Crippen LogP contribution in [0.15, 0.2) is 0 Å². The molecule has 0 spiro atoms. The fourth-order valence-corrected chi connectivity index (χ4v) is 2.63. The fraction of sp³-hybridized carbons (Fsp3) is 0.917. The predicted octanol–water partition coefficient (Wildman–Crippen LogP) is 1.10. The first-order chi connectivity index (χ1) is 12.2. The van der Waals surface area contributed by atoms with Crippen molar-refractivity contribution in [2.24, 2.45) is 0 Å². The van der Waals surface area contributed by atoms with Crippen LogP contribution < -0.4 is 0 Å². The van der Waals surface area contributed by atoms with Crippen LogP contribution in [0.2, 0.25) is 0 Å². The number of alkyl halides is 6. The summed E-state index contributed by atoms with van der Waals surface area (Å²) in [6.07, 6.45) is -13.7. The van der Waals surface area contributed by atoms with E-state index in [9.17, 15) is 39.6 Å².